The summed E-state index contributed by atoms with van der Waals surface area (Å²) >= 11 is 1.88. The number of thiophene rings is 1. The van der Waals surface area contributed by atoms with E-state index in [-0.39, 0.29) is 0 Å². The van der Waals surface area contributed by atoms with Crippen LogP contribution in [0, 0.1) is 0 Å². The predicted molar refractivity (Wildman–Crippen MR) is 285 cm³/mol. The second-order valence-corrected chi connectivity index (χ2v) is 18.7. The Kier molecular flexibility index (Phi) is 9.33. The van der Waals surface area contributed by atoms with Gasteiger partial charge in [-0.25, -0.2) is 0 Å². The molecule has 0 bridgehead atoms. The minimum absolute atomic E-state index is 0.450. The standard InChI is InChI=1S/C65H43NS/c1-3-16-51(17-4-1)65(52-18-5-2-6-19-52)61-24-11-9-20-57(61)58-41-34-50(43-62(58)65)46-30-37-54(38-31-46)66(53-35-28-45(29-36-53)49-27-26-44-14-7-8-15-48(44)42-49)55-39-32-47(33-40-55)56-22-13-23-60-59-21-10-12-25-63(59)67-64(56)60/h1-43H. The molecule has 0 spiro atoms. The molecule has 67 heavy (non-hydrogen) atoms. The molecule has 0 saturated carbocycles. The number of anilines is 3. The Morgan fingerprint density at radius 3 is 1.48 bits per heavy atom. The van der Waals surface area contributed by atoms with Crippen molar-refractivity contribution in [3.05, 3.63) is 283 Å². The normalized spacial score (nSPS) is 12.6. The summed E-state index contributed by atoms with van der Waals surface area (Å²) in [6.07, 6.45) is 0. The van der Waals surface area contributed by atoms with E-state index in [9.17, 15) is 0 Å². The maximum absolute atomic E-state index is 2.45. The predicted octanol–water partition coefficient (Wildman–Crippen LogP) is 18.0. The highest BCUT2D eigenvalue weighted by molar-refractivity contribution is 7.26. The van der Waals surface area contributed by atoms with Gasteiger partial charge in [-0.3, -0.25) is 0 Å². The maximum Gasteiger partial charge on any atom is 0.0713 e. The average molecular weight is 870 g/mol. The van der Waals surface area contributed by atoms with E-state index in [2.05, 4.69) is 266 Å². The summed E-state index contributed by atoms with van der Waals surface area (Å²) in [5.74, 6) is 0. The average Bonchev–Trinajstić information content (AvgIpc) is 3.94. The van der Waals surface area contributed by atoms with Crippen molar-refractivity contribution in [1.29, 1.82) is 0 Å². The van der Waals surface area contributed by atoms with Crippen molar-refractivity contribution in [3.63, 3.8) is 0 Å². The van der Waals surface area contributed by atoms with Gasteiger partial charge < -0.3 is 4.90 Å². The van der Waals surface area contributed by atoms with Crippen LogP contribution in [0.3, 0.4) is 0 Å². The zero-order valence-corrected chi connectivity index (χ0v) is 37.5. The van der Waals surface area contributed by atoms with E-state index in [0.29, 0.717) is 0 Å². The van der Waals surface area contributed by atoms with Crippen LogP contribution in [-0.4, -0.2) is 0 Å². The fourth-order valence-corrected chi connectivity index (χ4v) is 12.0. The van der Waals surface area contributed by atoms with E-state index < -0.39 is 5.41 Å². The van der Waals surface area contributed by atoms with E-state index in [0.717, 1.165) is 17.1 Å². The summed E-state index contributed by atoms with van der Waals surface area (Å²) in [4.78, 5) is 2.38. The monoisotopic (exact) mass is 869 g/mol. The van der Waals surface area contributed by atoms with Gasteiger partial charge in [-0.1, -0.05) is 206 Å². The topological polar surface area (TPSA) is 3.24 Å². The molecule has 0 amide bonds. The van der Waals surface area contributed by atoms with Crippen LogP contribution in [0.25, 0.3) is 75.5 Å². The van der Waals surface area contributed by atoms with Gasteiger partial charge in [-0.2, -0.15) is 0 Å². The molecular formula is C65H43NS. The Labute approximate surface area is 395 Å². The van der Waals surface area contributed by atoms with Crippen molar-refractivity contribution < 1.29 is 0 Å². The number of benzene rings is 11. The molecule has 1 aromatic heterocycles. The molecule has 1 aliphatic carbocycles. The first kappa shape index (κ1) is 39.1. The third-order valence-corrected chi connectivity index (χ3v) is 15.2. The molecule has 0 fully saturated rings. The molecule has 0 aliphatic heterocycles. The first-order valence-electron chi connectivity index (χ1n) is 23.1. The number of hydrogen-bond donors (Lipinski definition) is 0. The summed E-state index contributed by atoms with van der Waals surface area (Å²) in [7, 11) is 0. The molecule has 0 atom stereocenters. The zero-order chi connectivity index (χ0) is 44.3. The lowest BCUT2D eigenvalue weighted by atomic mass is 9.67. The highest BCUT2D eigenvalue weighted by Crippen LogP contribution is 2.57. The van der Waals surface area contributed by atoms with Crippen molar-refractivity contribution in [2.75, 3.05) is 4.90 Å². The van der Waals surface area contributed by atoms with Gasteiger partial charge in [0, 0.05) is 37.2 Å². The summed E-state index contributed by atoms with van der Waals surface area (Å²) in [5.41, 5.74) is 17.9. The molecule has 0 radical (unpaired) electrons. The van der Waals surface area contributed by atoms with Gasteiger partial charge in [0.1, 0.15) is 0 Å². The molecule has 1 nitrogen and oxygen atoms in total. The fourth-order valence-electron chi connectivity index (χ4n) is 10.8. The van der Waals surface area contributed by atoms with E-state index in [1.54, 1.807) is 0 Å². The summed E-state index contributed by atoms with van der Waals surface area (Å²) in [6, 6.07) is 96.2. The van der Waals surface area contributed by atoms with Crippen molar-refractivity contribution in [2.45, 2.75) is 5.41 Å². The van der Waals surface area contributed by atoms with Crippen LogP contribution >= 0.6 is 11.3 Å². The molecule has 1 aliphatic rings. The van der Waals surface area contributed by atoms with Crippen LogP contribution in [0.1, 0.15) is 22.3 Å². The van der Waals surface area contributed by atoms with E-state index in [1.165, 1.54) is 97.7 Å². The highest BCUT2D eigenvalue weighted by atomic mass is 32.1. The number of hydrogen-bond acceptors (Lipinski definition) is 2. The van der Waals surface area contributed by atoms with Crippen LogP contribution in [0.5, 0.6) is 0 Å². The fraction of sp³-hybridized carbons (Fsp3) is 0.0154. The molecule has 13 rings (SSSR count). The Hall–Kier alpha value is -8.30. The van der Waals surface area contributed by atoms with Crippen molar-refractivity contribution in [1.82, 2.24) is 0 Å². The number of fused-ring (bicyclic) bond motifs is 7. The smallest absolute Gasteiger partial charge is 0.0713 e. The maximum atomic E-state index is 2.45. The van der Waals surface area contributed by atoms with Gasteiger partial charge in [0.2, 0.25) is 0 Å². The van der Waals surface area contributed by atoms with Gasteiger partial charge in [-0.15, -0.1) is 11.3 Å². The molecule has 0 saturated heterocycles. The second-order valence-electron chi connectivity index (χ2n) is 17.6. The Balaban J connectivity index is 0.906. The van der Waals surface area contributed by atoms with E-state index in [4.69, 9.17) is 0 Å². The number of rotatable bonds is 8. The second kappa shape index (κ2) is 16.0. The molecule has 0 unspecified atom stereocenters. The lowest BCUT2D eigenvalue weighted by Crippen LogP contribution is -2.28. The summed E-state index contributed by atoms with van der Waals surface area (Å²) in [6.45, 7) is 0. The van der Waals surface area contributed by atoms with Crippen LogP contribution < -0.4 is 4.90 Å². The van der Waals surface area contributed by atoms with Gasteiger partial charge in [0.05, 0.1) is 5.41 Å². The lowest BCUT2D eigenvalue weighted by molar-refractivity contribution is 0.769. The molecular weight excluding hydrogens is 827 g/mol. The van der Waals surface area contributed by atoms with Crippen LogP contribution in [0.2, 0.25) is 0 Å². The summed E-state index contributed by atoms with van der Waals surface area (Å²) in [5, 5.41) is 5.13. The molecule has 314 valence electrons. The van der Waals surface area contributed by atoms with Crippen molar-refractivity contribution >= 4 is 59.3 Å². The molecule has 11 aromatic carbocycles. The van der Waals surface area contributed by atoms with Crippen molar-refractivity contribution in [2.24, 2.45) is 0 Å². The quantitative estimate of drug-likeness (QED) is 0.147. The van der Waals surface area contributed by atoms with Gasteiger partial charge in [0.25, 0.3) is 0 Å². The Morgan fingerprint density at radius 2 is 0.791 bits per heavy atom. The van der Waals surface area contributed by atoms with E-state index in [1.807, 2.05) is 11.3 Å². The zero-order valence-electron chi connectivity index (χ0n) is 36.7. The van der Waals surface area contributed by atoms with E-state index >= 15 is 0 Å². The van der Waals surface area contributed by atoms with Gasteiger partial charge >= 0.3 is 0 Å². The minimum Gasteiger partial charge on any atom is -0.311 e. The SMILES string of the molecule is c1ccc(C2(c3ccccc3)c3ccccc3-c3ccc(-c4ccc(N(c5ccc(-c6ccc7ccccc7c6)cc5)c5ccc(-c6cccc7c6sc6ccccc67)cc5)cc4)cc32)cc1. The first-order chi connectivity index (χ1) is 33.2. The van der Waals surface area contributed by atoms with Crippen molar-refractivity contribution in [3.8, 4) is 44.5 Å². The Morgan fingerprint density at radius 1 is 0.299 bits per heavy atom. The molecule has 0 N–H and O–H groups in total. The third kappa shape index (κ3) is 6.44. The minimum atomic E-state index is -0.450. The number of nitrogens with zero attached hydrogens (tertiary/aromatic N) is 1. The van der Waals surface area contributed by atoms with Gasteiger partial charge in [0.15, 0.2) is 0 Å². The lowest BCUT2D eigenvalue weighted by Gasteiger charge is -2.34. The van der Waals surface area contributed by atoms with Crippen LogP contribution in [0.15, 0.2) is 261 Å². The third-order valence-electron chi connectivity index (χ3n) is 14.0. The van der Waals surface area contributed by atoms with Crippen LogP contribution in [-0.2, 0) is 5.41 Å². The van der Waals surface area contributed by atoms with Gasteiger partial charge in [-0.05, 0) is 132 Å². The van der Waals surface area contributed by atoms with Crippen LogP contribution in [0.4, 0.5) is 17.1 Å². The molecule has 1 heterocycles. The first-order valence-corrected chi connectivity index (χ1v) is 23.9. The highest BCUT2D eigenvalue weighted by Gasteiger charge is 2.46. The molecule has 12 aromatic rings. The summed E-state index contributed by atoms with van der Waals surface area (Å²) < 4.78 is 2.65. The Bertz CT molecular complexity index is 3730. The largest absolute Gasteiger partial charge is 0.311 e. The molecule has 2 heteroatoms.